The zero-order valence-electron chi connectivity index (χ0n) is 13.2. The van der Waals surface area contributed by atoms with Crippen molar-refractivity contribution in [1.82, 2.24) is 20.1 Å². The summed E-state index contributed by atoms with van der Waals surface area (Å²) < 4.78 is 7.40. The highest BCUT2D eigenvalue weighted by molar-refractivity contribution is 5.74. The van der Waals surface area contributed by atoms with E-state index in [1.54, 1.807) is 0 Å². The summed E-state index contributed by atoms with van der Waals surface area (Å²) in [6.07, 6.45) is 0. The van der Waals surface area contributed by atoms with Crippen LogP contribution in [0.5, 0.6) is 0 Å². The Labute approximate surface area is 126 Å². The summed E-state index contributed by atoms with van der Waals surface area (Å²) in [6, 6.07) is 4.09. The third-order valence-corrected chi connectivity index (χ3v) is 3.92. The third kappa shape index (κ3) is 4.75. The first kappa shape index (κ1) is 15.9. The van der Waals surface area contributed by atoms with E-state index in [-0.39, 0.29) is 12.1 Å². The molecule has 0 aromatic carbocycles. The van der Waals surface area contributed by atoms with Crippen molar-refractivity contribution in [2.75, 3.05) is 32.8 Å². The van der Waals surface area contributed by atoms with Gasteiger partial charge in [-0.25, -0.2) is 4.79 Å². The van der Waals surface area contributed by atoms with E-state index in [1.807, 2.05) is 27.0 Å². The molecule has 6 nitrogen and oxygen atoms in total. The van der Waals surface area contributed by atoms with Gasteiger partial charge >= 0.3 is 6.03 Å². The second-order valence-corrected chi connectivity index (χ2v) is 5.67. The van der Waals surface area contributed by atoms with Gasteiger partial charge in [0.25, 0.3) is 0 Å². The maximum absolute atomic E-state index is 11.9. The Hall–Kier alpha value is -1.53. The first-order valence-electron chi connectivity index (χ1n) is 7.52. The number of hydrogen-bond donors (Lipinski definition) is 2. The van der Waals surface area contributed by atoms with Gasteiger partial charge in [-0.3, -0.25) is 4.90 Å². The van der Waals surface area contributed by atoms with Crippen LogP contribution in [-0.4, -0.2) is 54.4 Å². The number of aryl methyl sites for hydroxylation is 1. The smallest absolute Gasteiger partial charge is 0.315 e. The molecule has 1 aliphatic rings. The number of carbonyl (C=O) groups is 1. The Morgan fingerprint density at radius 3 is 2.71 bits per heavy atom. The van der Waals surface area contributed by atoms with Crippen molar-refractivity contribution in [2.24, 2.45) is 7.05 Å². The van der Waals surface area contributed by atoms with Crippen LogP contribution < -0.4 is 10.6 Å². The van der Waals surface area contributed by atoms with Crippen molar-refractivity contribution >= 4 is 6.03 Å². The predicted molar refractivity (Wildman–Crippen MR) is 82.2 cm³/mol. The van der Waals surface area contributed by atoms with Crippen molar-refractivity contribution in [3.8, 4) is 0 Å². The molecular weight excluding hydrogens is 268 g/mol. The maximum atomic E-state index is 11.9. The number of hydrogen-bond acceptors (Lipinski definition) is 3. The van der Waals surface area contributed by atoms with Crippen molar-refractivity contribution in [1.29, 1.82) is 0 Å². The first-order valence-corrected chi connectivity index (χ1v) is 7.52. The van der Waals surface area contributed by atoms with E-state index in [1.165, 1.54) is 5.69 Å². The highest BCUT2D eigenvalue weighted by Gasteiger charge is 2.15. The molecule has 118 valence electrons. The van der Waals surface area contributed by atoms with Gasteiger partial charge in [0.15, 0.2) is 0 Å². The molecule has 2 rings (SSSR count). The fourth-order valence-electron chi connectivity index (χ4n) is 2.51. The van der Waals surface area contributed by atoms with Crippen LogP contribution in [0.25, 0.3) is 0 Å². The predicted octanol–water partition coefficient (Wildman–Crippen LogP) is 0.853. The van der Waals surface area contributed by atoms with Crippen molar-refractivity contribution in [3.05, 3.63) is 23.5 Å². The Kier molecular flexibility index (Phi) is 5.64. The highest BCUT2D eigenvalue weighted by atomic mass is 16.5. The average Bonchev–Trinajstić information content (AvgIpc) is 2.77. The normalized spacial score (nSPS) is 17.5. The molecule has 2 heterocycles. The van der Waals surface area contributed by atoms with Crippen molar-refractivity contribution in [3.63, 3.8) is 0 Å². The highest BCUT2D eigenvalue weighted by Crippen LogP contribution is 2.05. The molecule has 2 amide bonds. The number of aromatic nitrogens is 1. The van der Waals surface area contributed by atoms with Gasteiger partial charge in [0.05, 0.1) is 19.8 Å². The Balaban J connectivity index is 1.69. The van der Waals surface area contributed by atoms with Crippen molar-refractivity contribution < 1.29 is 9.53 Å². The zero-order valence-corrected chi connectivity index (χ0v) is 13.2. The standard InChI is InChI=1S/C15H26N4O2/c1-12(11-19-6-8-21-9-7-19)17-15(20)16-10-14-5-4-13(2)18(14)3/h4-5,12H,6-11H2,1-3H3,(H2,16,17,20)/t12-/m0/s1. The van der Waals surface area contributed by atoms with Crippen LogP contribution in [0.4, 0.5) is 4.79 Å². The van der Waals surface area contributed by atoms with Crippen LogP contribution in [0.3, 0.4) is 0 Å². The second kappa shape index (κ2) is 7.47. The van der Waals surface area contributed by atoms with Crippen LogP contribution in [-0.2, 0) is 18.3 Å². The number of nitrogens with zero attached hydrogens (tertiary/aromatic N) is 2. The van der Waals surface area contributed by atoms with Gasteiger partial charge in [-0.2, -0.15) is 0 Å². The monoisotopic (exact) mass is 294 g/mol. The summed E-state index contributed by atoms with van der Waals surface area (Å²) in [6.45, 7) is 8.93. The van der Waals surface area contributed by atoms with Gasteiger partial charge in [-0.1, -0.05) is 0 Å². The first-order chi connectivity index (χ1) is 10.1. The Morgan fingerprint density at radius 2 is 2.10 bits per heavy atom. The van der Waals surface area contributed by atoms with E-state index in [9.17, 15) is 4.79 Å². The van der Waals surface area contributed by atoms with Gasteiger partial charge in [0.2, 0.25) is 0 Å². The topological polar surface area (TPSA) is 58.5 Å². The minimum Gasteiger partial charge on any atom is -0.379 e. The van der Waals surface area contributed by atoms with Gasteiger partial charge in [-0.15, -0.1) is 0 Å². The van der Waals surface area contributed by atoms with Crippen LogP contribution >= 0.6 is 0 Å². The molecule has 0 radical (unpaired) electrons. The molecule has 0 saturated carbocycles. The molecule has 1 aromatic heterocycles. The molecule has 1 aromatic rings. The zero-order chi connectivity index (χ0) is 15.2. The minimum atomic E-state index is -0.116. The molecule has 0 aliphatic carbocycles. The number of urea groups is 1. The fraction of sp³-hybridized carbons (Fsp3) is 0.667. The van der Waals surface area contributed by atoms with Gasteiger partial charge in [0.1, 0.15) is 0 Å². The van der Waals surface area contributed by atoms with Gasteiger partial charge < -0.3 is 19.9 Å². The number of rotatable bonds is 5. The fourth-order valence-corrected chi connectivity index (χ4v) is 2.51. The summed E-state index contributed by atoms with van der Waals surface area (Å²) in [5.41, 5.74) is 2.29. The summed E-state index contributed by atoms with van der Waals surface area (Å²) >= 11 is 0. The molecule has 0 bridgehead atoms. The summed E-state index contributed by atoms with van der Waals surface area (Å²) in [5.74, 6) is 0. The number of ether oxygens (including phenoxy) is 1. The molecule has 0 unspecified atom stereocenters. The number of amides is 2. The minimum absolute atomic E-state index is 0.116. The van der Waals surface area contributed by atoms with Gasteiger partial charge in [0, 0.05) is 44.1 Å². The molecule has 1 aliphatic heterocycles. The molecule has 0 spiro atoms. The molecular formula is C15H26N4O2. The lowest BCUT2D eigenvalue weighted by Crippen LogP contribution is -2.48. The molecule has 1 atom stereocenters. The van der Waals surface area contributed by atoms with Crippen molar-refractivity contribution in [2.45, 2.75) is 26.4 Å². The lowest BCUT2D eigenvalue weighted by Gasteiger charge is -2.29. The lowest BCUT2D eigenvalue weighted by molar-refractivity contribution is 0.0349. The van der Waals surface area contributed by atoms with E-state index in [0.29, 0.717) is 6.54 Å². The van der Waals surface area contributed by atoms with E-state index in [4.69, 9.17) is 4.74 Å². The summed E-state index contributed by atoms with van der Waals surface area (Å²) in [4.78, 5) is 14.2. The quantitative estimate of drug-likeness (QED) is 0.846. The van der Waals surface area contributed by atoms with Crippen LogP contribution in [0.15, 0.2) is 12.1 Å². The maximum Gasteiger partial charge on any atom is 0.315 e. The average molecular weight is 294 g/mol. The van der Waals surface area contributed by atoms with E-state index in [0.717, 1.165) is 38.5 Å². The molecule has 1 fully saturated rings. The summed E-state index contributed by atoms with van der Waals surface area (Å²) in [7, 11) is 2.01. The third-order valence-electron chi connectivity index (χ3n) is 3.92. The molecule has 2 N–H and O–H groups in total. The van der Waals surface area contributed by atoms with E-state index < -0.39 is 0 Å². The number of carbonyl (C=O) groups excluding carboxylic acids is 1. The van der Waals surface area contributed by atoms with E-state index >= 15 is 0 Å². The Morgan fingerprint density at radius 1 is 1.38 bits per heavy atom. The van der Waals surface area contributed by atoms with Crippen LogP contribution in [0.2, 0.25) is 0 Å². The van der Waals surface area contributed by atoms with Gasteiger partial charge in [-0.05, 0) is 26.0 Å². The van der Waals surface area contributed by atoms with Crippen LogP contribution in [0.1, 0.15) is 18.3 Å². The molecule has 1 saturated heterocycles. The number of morpholine rings is 1. The molecule has 21 heavy (non-hydrogen) atoms. The second-order valence-electron chi connectivity index (χ2n) is 5.67. The largest absolute Gasteiger partial charge is 0.379 e. The Bertz CT molecular complexity index is 466. The molecule has 6 heteroatoms. The van der Waals surface area contributed by atoms with Crippen LogP contribution in [0, 0.1) is 6.92 Å². The number of nitrogens with one attached hydrogen (secondary N) is 2. The SMILES string of the molecule is Cc1ccc(CNC(=O)N[C@@H](C)CN2CCOCC2)n1C. The van der Waals surface area contributed by atoms with E-state index in [2.05, 4.69) is 26.2 Å². The summed E-state index contributed by atoms with van der Waals surface area (Å²) in [5, 5.41) is 5.89. The lowest BCUT2D eigenvalue weighted by atomic mass is 10.3.